The van der Waals surface area contributed by atoms with Gasteiger partial charge in [-0.25, -0.2) is 0 Å². The standard InChI is InChI=1S/C16H32N4O.HI/c1-6-7-8-11-20(5)15(17-2)18-14-16(19(3)4)9-12-21-13-10-16;/h6H,1,7-14H2,2-5H3,(H,17,18);1H. The molecule has 0 aromatic carbocycles. The lowest BCUT2D eigenvalue weighted by molar-refractivity contribution is -0.00521. The van der Waals surface area contributed by atoms with Gasteiger partial charge >= 0.3 is 0 Å². The van der Waals surface area contributed by atoms with Crippen LogP contribution < -0.4 is 5.32 Å². The Morgan fingerprint density at radius 1 is 1.32 bits per heavy atom. The first-order valence-corrected chi connectivity index (χ1v) is 7.83. The molecule has 1 saturated heterocycles. The second-order valence-corrected chi connectivity index (χ2v) is 5.98. The van der Waals surface area contributed by atoms with Crippen LogP contribution in [0, 0.1) is 0 Å². The van der Waals surface area contributed by atoms with E-state index in [0.717, 1.165) is 57.9 Å². The van der Waals surface area contributed by atoms with Gasteiger partial charge in [0.15, 0.2) is 5.96 Å². The molecule has 1 aliphatic rings. The van der Waals surface area contributed by atoms with Crippen LogP contribution in [0.1, 0.15) is 25.7 Å². The number of hydrogen-bond donors (Lipinski definition) is 1. The molecule has 130 valence electrons. The van der Waals surface area contributed by atoms with Gasteiger partial charge in [-0.1, -0.05) is 6.08 Å². The average Bonchev–Trinajstić information content (AvgIpc) is 2.49. The number of ether oxygens (including phenoxy) is 1. The molecule has 6 heteroatoms. The maximum absolute atomic E-state index is 5.52. The molecule has 0 aliphatic carbocycles. The zero-order valence-electron chi connectivity index (χ0n) is 14.6. The van der Waals surface area contributed by atoms with E-state index in [0.29, 0.717) is 0 Å². The summed E-state index contributed by atoms with van der Waals surface area (Å²) in [5.74, 6) is 0.965. The monoisotopic (exact) mass is 424 g/mol. The minimum Gasteiger partial charge on any atom is -0.381 e. The Morgan fingerprint density at radius 3 is 2.45 bits per heavy atom. The summed E-state index contributed by atoms with van der Waals surface area (Å²) < 4.78 is 5.52. The summed E-state index contributed by atoms with van der Waals surface area (Å²) in [7, 11) is 8.25. The van der Waals surface area contributed by atoms with Crippen molar-refractivity contribution >= 4 is 29.9 Å². The maximum atomic E-state index is 5.52. The van der Waals surface area contributed by atoms with Crippen LogP contribution in [0.4, 0.5) is 0 Å². The predicted molar refractivity (Wildman–Crippen MR) is 105 cm³/mol. The van der Waals surface area contributed by atoms with Crippen molar-refractivity contribution in [3.05, 3.63) is 12.7 Å². The first-order chi connectivity index (χ1) is 10.1. The van der Waals surface area contributed by atoms with Crippen LogP contribution in [0.3, 0.4) is 0 Å². The molecule has 0 unspecified atom stereocenters. The van der Waals surface area contributed by atoms with Gasteiger partial charge in [0.05, 0.1) is 0 Å². The van der Waals surface area contributed by atoms with Gasteiger partial charge in [-0.15, -0.1) is 30.6 Å². The lowest BCUT2D eigenvalue weighted by atomic mass is 9.88. The van der Waals surface area contributed by atoms with E-state index in [2.05, 4.69) is 47.8 Å². The van der Waals surface area contributed by atoms with Gasteiger partial charge in [0.25, 0.3) is 0 Å². The first kappa shape index (κ1) is 21.7. The number of aliphatic imine (C=N–C) groups is 1. The molecule has 0 saturated carbocycles. The molecule has 0 spiro atoms. The van der Waals surface area contributed by atoms with E-state index < -0.39 is 0 Å². The number of nitrogens with one attached hydrogen (secondary N) is 1. The number of allylic oxidation sites excluding steroid dienone is 1. The Bertz CT molecular complexity index is 341. The Hall–Kier alpha value is -0.340. The number of guanidine groups is 1. The number of nitrogens with zero attached hydrogens (tertiary/aromatic N) is 3. The van der Waals surface area contributed by atoms with Gasteiger partial charge in [0.2, 0.25) is 0 Å². The third-order valence-corrected chi connectivity index (χ3v) is 4.42. The Kier molecular flexibility index (Phi) is 11.1. The SMILES string of the molecule is C=CCCCN(C)C(=NC)NCC1(N(C)C)CCOCC1.I. The summed E-state index contributed by atoms with van der Waals surface area (Å²) in [5.41, 5.74) is 0.163. The molecule has 1 rings (SSSR count). The second kappa shape index (κ2) is 11.2. The highest BCUT2D eigenvalue weighted by molar-refractivity contribution is 14.0. The van der Waals surface area contributed by atoms with E-state index in [9.17, 15) is 0 Å². The highest BCUT2D eigenvalue weighted by Crippen LogP contribution is 2.25. The van der Waals surface area contributed by atoms with E-state index in [-0.39, 0.29) is 29.5 Å². The lowest BCUT2D eigenvalue weighted by Gasteiger charge is -2.43. The molecule has 22 heavy (non-hydrogen) atoms. The van der Waals surface area contributed by atoms with Crippen molar-refractivity contribution in [3.8, 4) is 0 Å². The van der Waals surface area contributed by atoms with Crippen LogP contribution in [0.2, 0.25) is 0 Å². The Balaban J connectivity index is 0.00000441. The highest BCUT2D eigenvalue weighted by atomic mass is 127. The van der Waals surface area contributed by atoms with Crippen LogP contribution in [-0.2, 0) is 4.74 Å². The van der Waals surface area contributed by atoms with E-state index in [1.807, 2.05) is 13.1 Å². The van der Waals surface area contributed by atoms with Crippen molar-refractivity contribution in [3.63, 3.8) is 0 Å². The molecule has 0 aromatic heterocycles. The van der Waals surface area contributed by atoms with Gasteiger partial charge in [-0.05, 0) is 39.8 Å². The zero-order valence-corrected chi connectivity index (χ0v) is 16.9. The van der Waals surface area contributed by atoms with Crippen LogP contribution >= 0.6 is 24.0 Å². The zero-order chi connectivity index (χ0) is 15.7. The summed E-state index contributed by atoms with van der Waals surface area (Å²) in [4.78, 5) is 8.91. The second-order valence-electron chi connectivity index (χ2n) is 5.98. The van der Waals surface area contributed by atoms with E-state index in [4.69, 9.17) is 4.74 Å². The van der Waals surface area contributed by atoms with Crippen molar-refractivity contribution in [1.82, 2.24) is 15.1 Å². The van der Waals surface area contributed by atoms with E-state index in [1.165, 1.54) is 0 Å². The van der Waals surface area contributed by atoms with Crippen molar-refractivity contribution in [2.45, 2.75) is 31.2 Å². The summed E-state index contributed by atoms with van der Waals surface area (Å²) >= 11 is 0. The molecule has 1 aliphatic heterocycles. The number of unbranched alkanes of at least 4 members (excludes halogenated alkanes) is 1. The molecule has 0 atom stereocenters. The van der Waals surface area contributed by atoms with Crippen molar-refractivity contribution in [2.75, 3.05) is 54.5 Å². The normalized spacial score (nSPS) is 17.8. The minimum atomic E-state index is 0. The summed E-state index contributed by atoms with van der Waals surface area (Å²) in [6, 6.07) is 0. The molecular weight excluding hydrogens is 391 g/mol. The van der Waals surface area contributed by atoms with Crippen molar-refractivity contribution in [1.29, 1.82) is 0 Å². The number of hydrogen-bond acceptors (Lipinski definition) is 3. The fourth-order valence-corrected chi connectivity index (χ4v) is 2.74. The molecule has 0 bridgehead atoms. The summed E-state index contributed by atoms with van der Waals surface area (Å²) in [5, 5.41) is 3.54. The topological polar surface area (TPSA) is 40.1 Å². The molecule has 1 heterocycles. The number of halogens is 1. The maximum Gasteiger partial charge on any atom is 0.193 e. The van der Waals surface area contributed by atoms with Gasteiger partial charge in [0.1, 0.15) is 0 Å². The van der Waals surface area contributed by atoms with Crippen LogP contribution in [0.25, 0.3) is 0 Å². The molecular formula is C16H33IN4O. The molecule has 1 fully saturated rings. The number of likely N-dealkylation sites (N-methyl/N-ethyl adjacent to an activating group) is 1. The van der Waals surface area contributed by atoms with Gasteiger partial charge < -0.3 is 19.9 Å². The predicted octanol–water partition coefficient (Wildman–Crippen LogP) is 2.19. The smallest absolute Gasteiger partial charge is 0.193 e. The molecule has 1 N–H and O–H groups in total. The largest absolute Gasteiger partial charge is 0.381 e. The van der Waals surface area contributed by atoms with E-state index >= 15 is 0 Å². The van der Waals surface area contributed by atoms with Crippen LogP contribution in [0.5, 0.6) is 0 Å². The lowest BCUT2D eigenvalue weighted by Crippen LogP contribution is -2.57. The van der Waals surface area contributed by atoms with Crippen LogP contribution in [-0.4, -0.2) is 75.8 Å². The average molecular weight is 424 g/mol. The molecule has 5 nitrogen and oxygen atoms in total. The molecule has 0 amide bonds. The minimum absolute atomic E-state index is 0. The summed E-state index contributed by atoms with van der Waals surface area (Å²) in [6.07, 6.45) is 6.23. The fraction of sp³-hybridized carbons (Fsp3) is 0.812. The van der Waals surface area contributed by atoms with Crippen molar-refractivity contribution < 1.29 is 4.74 Å². The van der Waals surface area contributed by atoms with Crippen LogP contribution in [0.15, 0.2) is 17.6 Å². The van der Waals surface area contributed by atoms with E-state index in [1.54, 1.807) is 0 Å². The third-order valence-electron chi connectivity index (χ3n) is 4.42. The first-order valence-electron chi connectivity index (χ1n) is 7.83. The quantitative estimate of drug-likeness (QED) is 0.224. The Morgan fingerprint density at radius 2 is 1.95 bits per heavy atom. The Labute approximate surface area is 153 Å². The van der Waals surface area contributed by atoms with Crippen molar-refractivity contribution in [2.24, 2.45) is 4.99 Å². The summed E-state index contributed by atoms with van der Waals surface area (Å²) in [6.45, 7) is 7.34. The van der Waals surface area contributed by atoms with Gasteiger partial charge in [0, 0.05) is 45.9 Å². The fourth-order valence-electron chi connectivity index (χ4n) is 2.74. The highest BCUT2D eigenvalue weighted by Gasteiger charge is 2.34. The van der Waals surface area contributed by atoms with Gasteiger partial charge in [-0.3, -0.25) is 4.99 Å². The molecule has 0 aromatic rings. The van der Waals surface area contributed by atoms with Gasteiger partial charge in [-0.2, -0.15) is 0 Å². The molecule has 0 radical (unpaired) electrons. The third kappa shape index (κ3) is 6.42. The number of rotatable bonds is 7.